The fourth-order valence-electron chi connectivity index (χ4n) is 2.40. The minimum Gasteiger partial charge on any atom is -0.394 e. The summed E-state index contributed by atoms with van der Waals surface area (Å²) >= 11 is 0. The molecule has 90 valence electrons. The highest BCUT2D eigenvalue weighted by Crippen LogP contribution is 2.24. The fourth-order valence-corrected chi connectivity index (χ4v) is 2.40. The highest BCUT2D eigenvalue weighted by atomic mass is 16.3. The molecule has 2 N–H and O–H groups in total. The molecule has 1 rings (SSSR count). The van der Waals surface area contributed by atoms with Gasteiger partial charge in [-0.1, -0.05) is 6.42 Å². The van der Waals surface area contributed by atoms with Crippen molar-refractivity contribution in [1.82, 2.24) is 10.2 Å². The summed E-state index contributed by atoms with van der Waals surface area (Å²) in [6.45, 7) is 7.80. The largest absolute Gasteiger partial charge is 0.394 e. The summed E-state index contributed by atoms with van der Waals surface area (Å²) in [7, 11) is 1.93. The minimum atomic E-state index is -0.167. The van der Waals surface area contributed by atoms with Gasteiger partial charge in [-0.25, -0.2) is 0 Å². The van der Waals surface area contributed by atoms with Gasteiger partial charge in [0.1, 0.15) is 0 Å². The van der Waals surface area contributed by atoms with Crippen molar-refractivity contribution in [2.24, 2.45) is 0 Å². The van der Waals surface area contributed by atoms with E-state index in [0.29, 0.717) is 12.1 Å². The zero-order chi connectivity index (χ0) is 11.5. The van der Waals surface area contributed by atoms with Crippen LogP contribution in [0.4, 0.5) is 0 Å². The van der Waals surface area contributed by atoms with Gasteiger partial charge < -0.3 is 10.4 Å². The van der Waals surface area contributed by atoms with Gasteiger partial charge in [-0.3, -0.25) is 4.90 Å². The molecule has 1 fully saturated rings. The molecule has 0 spiro atoms. The van der Waals surface area contributed by atoms with Crippen LogP contribution in [0.3, 0.4) is 0 Å². The molecule has 3 unspecified atom stereocenters. The Morgan fingerprint density at radius 3 is 2.27 bits per heavy atom. The van der Waals surface area contributed by atoms with Crippen molar-refractivity contribution in [3.63, 3.8) is 0 Å². The molecule has 0 aromatic rings. The molecular formula is C12H26N2O. The van der Waals surface area contributed by atoms with E-state index < -0.39 is 0 Å². The van der Waals surface area contributed by atoms with Crippen LogP contribution in [0.1, 0.15) is 40.0 Å². The summed E-state index contributed by atoms with van der Waals surface area (Å²) in [6, 6.07) is 1.29. The van der Waals surface area contributed by atoms with Gasteiger partial charge in [-0.15, -0.1) is 0 Å². The summed E-state index contributed by atoms with van der Waals surface area (Å²) in [5.74, 6) is 0. The maximum absolute atomic E-state index is 9.40. The summed E-state index contributed by atoms with van der Waals surface area (Å²) < 4.78 is 0. The molecular weight excluding hydrogens is 188 g/mol. The predicted octanol–water partition coefficient (Wildman–Crippen LogP) is 1.22. The van der Waals surface area contributed by atoms with Gasteiger partial charge in [0.25, 0.3) is 0 Å². The molecule has 0 aliphatic carbocycles. The number of nitrogens with one attached hydrogen (secondary N) is 1. The van der Waals surface area contributed by atoms with Gasteiger partial charge in [0.2, 0.25) is 0 Å². The fraction of sp³-hybridized carbons (Fsp3) is 1.00. The maximum Gasteiger partial charge on any atom is 0.0623 e. The average Bonchev–Trinajstić information content (AvgIpc) is 2.23. The third-order valence-electron chi connectivity index (χ3n) is 3.86. The average molecular weight is 214 g/mol. The van der Waals surface area contributed by atoms with Crippen molar-refractivity contribution in [2.75, 3.05) is 20.2 Å². The maximum atomic E-state index is 9.40. The molecule has 0 bridgehead atoms. The van der Waals surface area contributed by atoms with E-state index >= 15 is 0 Å². The minimum absolute atomic E-state index is 0.167. The van der Waals surface area contributed by atoms with Gasteiger partial charge in [0, 0.05) is 18.6 Å². The van der Waals surface area contributed by atoms with Crippen LogP contribution in [0.15, 0.2) is 0 Å². The van der Waals surface area contributed by atoms with Gasteiger partial charge in [0.05, 0.1) is 12.1 Å². The molecule has 0 saturated carbocycles. The van der Waals surface area contributed by atoms with Crippen molar-refractivity contribution in [3.8, 4) is 0 Å². The van der Waals surface area contributed by atoms with Gasteiger partial charge in [-0.05, 0) is 40.7 Å². The van der Waals surface area contributed by atoms with Crippen LogP contribution in [0.25, 0.3) is 0 Å². The van der Waals surface area contributed by atoms with E-state index in [1.165, 1.54) is 19.3 Å². The quantitative estimate of drug-likeness (QED) is 0.738. The second-order valence-electron chi connectivity index (χ2n) is 5.27. The Balaban J connectivity index is 2.61. The van der Waals surface area contributed by atoms with Crippen molar-refractivity contribution in [2.45, 2.75) is 57.7 Å². The first-order chi connectivity index (χ1) is 7.02. The van der Waals surface area contributed by atoms with Crippen LogP contribution in [-0.4, -0.2) is 47.8 Å². The van der Waals surface area contributed by atoms with Crippen LogP contribution >= 0.6 is 0 Å². The molecule has 3 atom stereocenters. The summed E-state index contributed by atoms with van der Waals surface area (Å²) in [4.78, 5) is 2.52. The van der Waals surface area contributed by atoms with Crippen LogP contribution < -0.4 is 5.32 Å². The Labute approximate surface area is 93.9 Å². The Hall–Kier alpha value is -0.120. The second-order valence-corrected chi connectivity index (χ2v) is 5.27. The van der Waals surface area contributed by atoms with E-state index in [1.54, 1.807) is 0 Å². The van der Waals surface area contributed by atoms with Crippen molar-refractivity contribution < 1.29 is 5.11 Å². The first-order valence-electron chi connectivity index (χ1n) is 6.08. The predicted molar refractivity (Wildman–Crippen MR) is 64.0 cm³/mol. The molecule has 0 amide bonds. The molecule has 1 saturated heterocycles. The van der Waals surface area contributed by atoms with Crippen LogP contribution in [0.5, 0.6) is 0 Å². The van der Waals surface area contributed by atoms with Crippen molar-refractivity contribution in [1.29, 1.82) is 0 Å². The van der Waals surface area contributed by atoms with E-state index in [-0.39, 0.29) is 12.1 Å². The highest BCUT2D eigenvalue weighted by Gasteiger charge is 2.31. The van der Waals surface area contributed by atoms with E-state index in [9.17, 15) is 5.11 Å². The molecule has 0 radical (unpaired) electrons. The van der Waals surface area contributed by atoms with Crippen LogP contribution in [-0.2, 0) is 0 Å². The lowest BCUT2D eigenvalue weighted by Gasteiger charge is -2.43. The Bertz CT molecular complexity index is 182. The van der Waals surface area contributed by atoms with E-state index in [0.717, 1.165) is 6.54 Å². The van der Waals surface area contributed by atoms with Gasteiger partial charge in [0.15, 0.2) is 0 Å². The van der Waals surface area contributed by atoms with Crippen LogP contribution in [0.2, 0.25) is 0 Å². The van der Waals surface area contributed by atoms with Gasteiger partial charge >= 0.3 is 0 Å². The Kier molecular flexibility index (Phi) is 4.56. The topological polar surface area (TPSA) is 35.5 Å². The number of likely N-dealkylation sites (tertiary alicyclic amines) is 1. The number of aliphatic hydroxyl groups is 1. The second kappa shape index (κ2) is 5.28. The monoisotopic (exact) mass is 214 g/mol. The normalized spacial score (nSPS) is 32.6. The zero-order valence-electron chi connectivity index (χ0n) is 10.6. The number of hydrogen-bond acceptors (Lipinski definition) is 3. The van der Waals surface area contributed by atoms with E-state index in [1.807, 2.05) is 7.05 Å². The lowest BCUT2D eigenvalue weighted by molar-refractivity contribution is 0.0504. The number of hydrogen-bond donors (Lipinski definition) is 2. The standard InChI is InChI=1S/C12H26N2O/c1-10-6-5-7-11(2)14(10)8-12(3,9-15)13-4/h10-11,13,15H,5-9H2,1-4H3. The molecule has 0 aromatic carbocycles. The smallest absolute Gasteiger partial charge is 0.0623 e. The van der Waals surface area contributed by atoms with E-state index in [4.69, 9.17) is 0 Å². The summed E-state index contributed by atoms with van der Waals surface area (Å²) in [6.07, 6.45) is 3.92. The molecule has 3 heteroatoms. The van der Waals surface area contributed by atoms with Gasteiger partial charge in [-0.2, -0.15) is 0 Å². The summed E-state index contributed by atoms with van der Waals surface area (Å²) in [5.41, 5.74) is -0.167. The van der Waals surface area contributed by atoms with E-state index in [2.05, 4.69) is 31.0 Å². The lowest BCUT2D eigenvalue weighted by atomic mass is 9.93. The molecule has 3 nitrogen and oxygen atoms in total. The molecule has 15 heavy (non-hydrogen) atoms. The number of nitrogens with zero attached hydrogens (tertiary/aromatic N) is 1. The molecule has 1 heterocycles. The third-order valence-corrected chi connectivity index (χ3v) is 3.86. The Morgan fingerprint density at radius 1 is 1.33 bits per heavy atom. The van der Waals surface area contributed by atoms with Crippen LogP contribution in [0, 0.1) is 0 Å². The number of aliphatic hydroxyl groups excluding tert-OH is 1. The molecule has 0 aromatic heterocycles. The first-order valence-corrected chi connectivity index (χ1v) is 6.08. The number of rotatable bonds is 4. The Morgan fingerprint density at radius 2 is 1.87 bits per heavy atom. The highest BCUT2D eigenvalue weighted by molar-refractivity contribution is 4.90. The SMILES string of the molecule is CNC(C)(CO)CN1C(C)CCCC1C. The van der Waals surface area contributed by atoms with Crippen molar-refractivity contribution >= 4 is 0 Å². The number of piperidine rings is 1. The zero-order valence-corrected chi connectivity index (χ0v) is 10.6. The molecule has 1 aliphatic heterocycles. The lowest BCUT2D eigenvalue weighted by Crippen LogP contribution is -2.57. The van der Waals surface area contributed by atoms with Crippen molar-refractivity contribution in [3.05, 3.63) is 0 Å². The molecule has 1 aliphatic rings. The third kappa shape index (κ3) is 3.16. The first kappa shape index (κ1) is 12.9. The number of likely N-dealkylation sites (N-methyl/N-ethyl adjacent to an activating group) is 1. The summed E-state index contributed by atoms with van der Waals surface area (Å²) in [5, 5.41) is 12.6.